The van der Waals surface area contributed by atoms with Crippen LogP contribution in [0.2, 0.25) is 0 Å². The van der Waals surface area contributed by atoms with Crippen molar-refractivity contribution >= 4 is 11.7 Å². The average molecular weight is 224 g/mol. The molecule has 1 atom stereocenters. The van der Waals surface area contributed by atoms with Crippen molar-refractivity contribution in [2.75, 3.05) is 19.0 Å². The fourth-order valence-corrected chi connectivity index (χ4v) is 1.23. The fraction of sp³-hybridized carbons (Fsp3) is 0.364. The molecule has 16 heavy (non-hydrogen) atoms. The highest BCUT2D eigenvalue weighted by Crippen LogP contribution is 2.16. The van der Waals surface area contributed by atoms with Gasteiger partial charge in [0.25, 0.3) is 0 Å². The minimum absolute atomic E-state index is 0.381. The molecule has 1 rings (SSSR count). The maximum absolute atomic E-state index is 10.5. The Hall–Kier alpha value is -1.75. The van der Waals surface area contributed by atoms with Crippen LogP contribution in [-0.4, -0.2) is 30.8 Å². The zero-order valence-corrected chi connectivity index (χ0v) is 9.14. The Kier molecular flexibility index (Phi) is 4.60. The van der Waals surface area contributed by atoms with E-state index in [0.29, 0.717) is 13.0 Å². The molecule has 0 spiro atoms. The minimum Gasteiger partial charge on any atom is -0.497 e. The highest BCUT2D eigenvalue weighted by atomic mass is 16.5. The zero-order chi connectivity index (χ0) is 12.0. The normalized spacial score (nSPS) is 11.9. The Balaban J connectivity index is 2.39. The van der Waals surface area contributed by atoms with Crippen LogP contribution in [-0.2, 0) is 4.79 Å². The summed E-state index contributed by atoms with van der Waals surface area (Å²) in [6, 6.07) is 6.60. The Morgan fingerprint density at radius 3 is 3.00 bits per heavy atom. The zero-order valence-electron chi connectivity index (χ0n) is 9.14. The van der Waals surface area contributed by atoms with Gasteiger partial charge in [-0.3, -0.25) is 4.79 Å². The van der Waals surface area contributed by atoms with Gasteiger partial charge in [-0.05, 0) is 18.6 Å². The van der Waals surface area contributed by atoms with Crippen LogP contribution in [0.4, 0.5) is 5.69 Å². The van der Waals surface area contributed by atoms with Gasteiger partial charge in [0.05, 0.1) is 7.11 Å². The summed E-state index contributed by atoms with van der Waals surface area (Å²) < 4.78 is 5.06. The summed E-state index contributed by atoms with van der Waals surface area (Å²) in [5.41, 5.74) is 6.26. The van der Waals surface area contributed by atoms with E-state index in [4.69, 9.17) is 15.6 Å². The Morgan fingerprint density at radius 1 is 1.62 bits per heavy atom. The molecule has 0 aliphatic rings. The van der Waals surface area contributed by atoms with Gasteiger partial charge in [-0.25, -0.2) is 0 Å². The standard InChI is InChI=1S/C11H16N2O3/c1-16-9-4-2-3-8(7-9)13-6-5-10(12)11(14)15/h2-4,7,10,13H,5-6,12H2,1H3,(H,14,15). The maximum atomic E-state index is 10.5. The summed E-state index contributed by atoms with van der Waals surface area (Å²) in [7, 11) is 1.60. The van der Waals surface area contributed by atoms with Gasteiger partial charge in [-0.2, -0.15) is 0 Å². The van der Waals surface area contributed by atoms with E-state index in [1.807, 2.05) is 24.3 Å². The second-order valence-corrected chi connectivity index (χ2v) is 3.39. The number of nitrogens with two attached hydrogens (primary N) is 1. The Bertz CT molecular complexity index is 355. The largest absolute Gasteiger partial charge is 0.497 e. The van der Waals surface area contributed by atoms with E-state index in [1.165, 1.54) is 0 Å². The van der Waals surface area contributed by atoms with Gasteiger partial charge in [0.1, 0.15) is 11.8 Å². The predicted molar refractivity (Wildman–Crippen MR) is 61.7 cm³/mol. The molecule has 0 saturated carbocycles. The van der Waals surface area contributed by atoms with Crippen LogP contribution in [0, 0.1) is 0 Å². The predicted octanol–water partition coefficient (Wildman–Crippen LogP) is 0.909. The molecule has 0 aliphatic carbocycles. The number of carboxylic acids is 1. The number of anilines is 1. The molecular weight excluding hydrogens is 208 g/mol. The molecule has 88 valence electrons. The first kappa shape index (κ1) is 12.3. The number of carboxylic acid groups (broad SMARTS) is 1. The van der Waals surface area contributed by atoms with E-state index in [9.17, 15) is 4.79 Å². The van der Waals surface area contributed by atoms with E-state index < -0.39 is 12.0 Å². The summed E-state index contributed by atoms with van der Waals surface area (Å²) in [6.45, 7) is 0.515. The summed E-state index contributed by atoms with van der Waals surface area (Å²) in [5, 5.41) is 11.7. The van der Waals surface area contributed by atoms with Crippen LogP contribution >= 0.6 is 0 Å². The molecule has 0 aliphatic heterocycles. The van der Waals surface area contributed by atoms with Crippen LogP contribution in [0.3, 0.4) is 0 Å². The van der Waals surface area contributed by atoms with Gasteiger partial charge < -0.3 is 20.9 Å². The highest BCUT2D eigenvalue weighted by molar-refractivity contribution is 5.73. The van der Waals surface area contributed by atoms with Gasteiger partial charge in [-0.1, -0.05) is 6.07 Å². The quantitative estimate of drug-likeness (QED) is 0.668. The molecule has 0 heterocycles. The molecule has 0 radical (unpaired) electrons. The average Bonchev–Trinajstić information content (AvgIpc) is 2.29. The molecular formula is C11H16N2O3. The molecule has 0 bridgehead atoms. The number of nitrogens with one attached hydrogen (secondary N) is 1. The van der Waals surface area contributed by atoms with Crippen molar-refractivity contribution in [2.24, 2.45) is 5.73 Å². The third-order valence-corrected chi connectivity index (χ3v) is 2.17. The molecule has 0 fully saturated rings. The van der Waals surface area contributed by atoms with Crippen molar-refractivity contribution in [1.29, 1.82) is 0 Å². The van der Waals surface area contributed by atoms with Gasteiger partial charge >= 0.3 is 5.97 Å². The third kappa shape index (κ3) is 3.78. The number of ether oxygens (including phenoxy) is 1. The second kappa shape index (κ2) is 5.97. The molecule has 1 aromatic carbocycles. The van der Waals surface area contributed by atoms with Crippen molar-refractivity contribution in [3.05, 3.63) is 24.3 Å². The van der Waals surface area contributed by atoms with Gasteiger partial charge in [0, 0.05) is 18.3 Å². The number of rotatable bonds is 6. The first-order valence-electron chi connectivity index (χ1n) is 5.00. The summed E-state index contributed by atoms with van der Waals surface area (Å²) in [5.74, 6) is -0.222. The van der Waals surface area contributed by atoms with Crippen LogP contribution in [0.15, 0.2) is 24.3 Å². The molecule has 5 heteroatoms. The molecule has 1 aromatic rings. The molecule has 0 amide bonds. The Labute approximate surface area is 94.2 Å². The number of aliphatic carboxylic acids is 1. The Morgan fingerprint density at radius 2 is 2.38 bits per heavy atom. The lowest BCUT2D eigenvalue weighted by Crippen LogP contribution is -2.32. The summed E-state index contributed by atoms with van der Waals surface area (Å²) in [4.78, 5) is 10.5. The number of carbonyl (C=O) groups is 1. The van der Waals surface area contributed by atoms with Crippen molar-refractivity contribution in [3.63, 3.8) is 0 Å². The van der Waals surface area contributed by atoms with Crippen LogP contribution in [0.25, 0.3) is 0 Å². The van der Waals surface area contributed by atoms with Crippen molar-refractivity contribution in [1.82, 2.24) is 0 Å². The van der Waals surface area contributed by atoms with E-state index in [-0.39, 0.29) is 0 Å². The van der Waals surface area contributed by atoms with E-state index in [2.05, 4.69) is 5.32 Å². The van der Waals surface area contributed by atoms with Crippen LogP contribution in [0.5, 0.6) is 5.75 Å². The molecule has 0 aromatic heterocycles. The number of methoxy groups -OCH3 is 1. The van der Waals surface area contributed by atoms with Crippen molar-refractivity contribution in [3.8, 4) is 5.75 Å². The maximum Gasteiger partial charge on any atom is 0.320 e. The SMILES string of the molecule is COc1cccc(NCCC(N)C(=O)O)c1. The van der Waals surface area contributed by atoms with Crippen LogP contribution in [0.1, 0.15) is 6.42 Å². The lowest BCUT2D eigenvalue weighted by atomic mass is 10.2. The van der Waals surface area contributed by atoms with Gasteiger partial charge in [-0.15, -0.1) is 0 Å². The fourth-order valence-electron chi connectivity index (χ4n) is 1.23. The monoisotopic (exact) mass is 224 g/mol. The summed E-state index contributed by atoms with van der Waals surface area (Å²) >= 11 is 0. The van der Waals surface area contributed by atoms with Crippen molar-refractivity contribution in [2.45, 2.75) is 12.5 Å². The van der Waals surface area contributed by atoms with Crippen molar-refractivity contribution < 1.29 is 14.6 Å². The first-order valence-corrected chi connectivity index (χ1v) is 5.00. The lowest BCUT2D eigenvalue weighted by molar-refractivity contribution is -0.138. The van der Waals surface area contributed by atoms with Gasteiger partial charge in [0.2, 0.25) is 0 Å². The lowest BCUT2D eigenvalue weighted by Gasteiger charge is -2.09. The summed E-state index contributed by atoms with van der Waals surface area (Å²) in [6.07, 6.45) is 0.381. The van der Waals surface area contributed by atoms with Gasteiger partial charge in [0.15, 0.2) is 0 Å². The second-order valence-electron chi connectivity index (χ2n) is 3.39. The minimum atomic E-state index is -0.979. The highest BCUT2D eigenvalue weighted by Gasteiger charge is 2.09. The van der Waals surface area contributed by atoms with Crippen LogP contribution < -0.4 is 15.8 Å². The van der Waals surface area contributed by atoms with E-state index in [1.54, 1.807) is 7.11 Å². The number of hydrogen-bond donors (Lipinski definition) is 3. The number of hydrogen-bond acceptors (Lipinski definition) is 4. The molecule has 4 N–H and O–H groups in total. The first-order chi connectivity index (χ1) is 7.63. The third-order valence-electron chi connectivity index (χ3n) is 2.17. The van der Waals surface area contributed by atoms with E-state index in [0.717, 1.165) is 11.4 Å². The number of benzene rings is 1. The smallest absolute Gasteiger partial charge is 0.320 e. The molecule has 5 nitrogen and oxygen atoms in total. The van der Waals surface area contributed by atoms with E-state index >= 15 is 0 Å². The topological polar surface area (TPSA) is 84.6 Å². The molecule has 1 unspecified atom stereocenters. The molecule has 0 saturated heterocycles.